The third-order valence-electron chi connectivity index (χ3n) is 9.70. The van der Waals surface area contributed by atoms with E-state index in [0.29, 0.717) is 34.7 Å². The van der Waals surface area contributed by atoms with Gasteiger partial charge in [0.15, 0.2) is 5.69 Å². The lowest BCUT2D eigenvalue weighted by Crippen LogP contribution is -2.47. The highest BCUT2D eigenvalue weighted by molar-refractivity contribution is 5.94. The number of carboxylic acids is 1. The maximum Gasteiger partial charge on any atom is 0.417 e. The van der Waals surface area contributed by atoms with Gasteiger partial charge in [0.2, 0.25) is 0 Å². The molecule has 0 amide bonds. The number of rotatable bonds is 9. The zero-order chi connectivity index (χ0) is 31.3. The normalized spacial score (nSPS) is 18.4. The molecule has 45 heavy (non-hydrogen) atoms. The predicted molar refractivity (Wildman–Crippen MR) is 161 cm³/mol. The number of nitrogens with zero attached hydrogens (tertiary/aromatic N) is 3. The molecule has 8 nitrogen and oxygen atoms in total. The van der Waals surface area contributed by atoms with E-state index in [1.54, 1.807) is 12.1 Å². The molecule has 4 aromatic rings. The molecule has 0 unspecified atom stereocenters. The highest BCUT2D eigenvalue weighted by atomic mass is 19.4. The lowest BCUT2D eigenvalue weighted by molar-refractivity contribution is -0.137. The monoisotopic (exact) mass is 621 g/mol. The molecule has 2 N–H and O–H groups in total. The zero-order valence-electron chi connectivity index (χ0n) is 24.6. The Kier molecular flexibility index (Phi) is 7.46. The summed E-state index contributed by atoms with van der Waals surface area (Å²) < 4.78 is 53.0. The summed E-state index contributed by atoms with van der Waals surface area (Å²) in [5.74, 6) is 0.609. The van der Waals surface area contributed by atoms with Crippen LogP contribution in [-0.4, -0.2) is 52.6 Å². The van der Waals surface area contributed by atoms with Gasteiger partial charge in [0.05, 0.1) is 17.7 Å². The van der Waals surface area contributed by atoms with Gasteiger partial charge in [-0.3, -0.25) is 0 Å². The van der Waals surface area contributed by atoms with Gasteiger partial charge in [0.1, 0.15) is 23.8 Å². The third kappa shape index (κ3) is 5.74. The number of pyridine rings is 1. The number of carboxylic acid groups (broad SMARTS) is 1. The second-order valence-electron chi connectivity index (χ2n) is 12.7. The summed E-state index contributed by atoms with van der Waals surface area (Å²) in [6.07, 6.45) is 2.22. The molecule has 2 aromatic heterocycles. The average Bonchev–Trinajstić information content (AvgIpc) is 3.78. The van der Waals surface area contributed by atoms with E-state index in [2.05, 4.69) is 15.0 Å². The van der Waals surface area contributed by atoms with Crippen LogP contribution < -0.4 is 9.64 Å². The number of aromatic nitrogens is 2. The van der Waals surface area contributed by atoms with Crippen LogP contribution in [-0.2, 0) is 12.6 Å². The number of hydrogen-bond acceptors (Lipinski definition) is 7. The van der Waals surface area contributed by atoms with Crippen molar-refractivity contribution in [2.45, 2.75) is 57.0 Å². The number of halogens is 3. The molecule has 11 heteroatoms. The Hall–Kier alpha value is -4.12. The maximum atomic E-state index is 13.9. The fourth-order valence-electron chi connectivity index (χ4n) is 7.34. The first-order valence-corrected chi connectivity index (χ1v) is 15.5. The zero-order valence-corrected chi connectivity index (χ0v) is 24.6. The number of benzene rings is 2. The molecule has 2 saturated carbocycles. The molecule has 1 saturated heterocycles. The molecule has 1 spiro atoms. The number of aliphatic hydroxyl groups is 1. The van der Waals surface area contributed by atoms with Crippen LogP contribution in [0.4, 0.5) is 18.9 Å². The first-order chi connectivity index (χ1) is 21.6. The van der Waals surface area contributed by atoms with Crippen molar-refractivity contribution in [3.8, 4) is 17.0 Å². The average molecular weight is 622 g/mol. The summed E-state index contributed by atoms with van der Waals surface area (Å²) in [6, 6.07) is 12.7. The number of carbonyl (C=O) groups is 1. The smallest absolute Gasteiger partial charge is 0.417 e. The van der Waals surface area contributed by atoms with Crippen LogP contribution in [0.3, 0.4) is 0 Å². The SMILES string of the molecule is O=C(O)c1cc(OCCO)c2cc(N3CCC4(CC3)CC(Cc3c(-c5ccccc5C(F)(F)F)noc3C3CC3)C4)ccc2n1. The molecule has 3 heterocycles. The van der Waals surface area contributed by atoms with E-state index in [-0.39, 0.29) is 35.8 Å². The van der Waals surface area contributed by atoms with E-state index < -0.39 is 17.7 Å². The van der Waals surface area contributed by atoms with E-state index in [1.165, 1.54) is 18.2 Å². The fourth-order valence-corrected chi connectivity index (χ4v) is 7.34. The van der Waals surface area contributed by atoms with Crippen molar-refractivity contribution in [1.82, 2.24) is 10.1 Å². The van der Waals surface area contributed by atoms with Crippen molar-refractivity contribution in [1.29, 1.82) is 0 Å². The molecule has 0 bridgehead atoms. The number of aliphatic hydroxyl groups excluding tert-OH is 1. The molecule has 3 aliphatic rings. The molecular formula is C34H34F3N3O5. The number of aromatic carboxylic acids is 1. The highest BCUT2D eigenvalue weighted by Crippen LogP contribution is 2.55. The lowest BCUT2D eigenvalue weighted by atomic mass is 9.56. The summed E-state index contributed by atoms with van der Waals surface area (Å²) in [5, 5.41) is 23.6. The minimum Gasteiger partial charge on any atom is -0.490 e. The van der Waals surface area contributed by atoms with Crippen LogP contribution in [0.5, 0.6) is 5.75 Å². The van der Waals surface area contributed by atoms with Gasteiger partial charge in [0.25, 0.3) is 0 Å². The van der Waals surface area contributed by atoms with Crippen molar-refractivity contribution in [2.24, 2.45) is 11.3 Å². The molecule has 1 aliphatic heterocycles. The Morgan fingerprint density at radius 1 is 1.09 bits per heavy atom. The van der Waals surface area contributed by atoms with Crippen molar-refractivity contribution in [3.05, 3.63) is 71.1 Å². The van der Waals surface area contributed by atoms with E-state index in [0.717, 1.165) is 74.7 Å². The number of hydrogen-bond donors (Lipinski definition) is 2. The van der Waals surface area contributed by atoms with Crippen molar-refractivity contribution in [2.75, 3.05) is 31.2 Å². The topological polar surface area (TPSA) is 109 Å². The summed E-state index contributed by atoms with van der Waals surface area (Å²) in [4.78, 5) is 18.1. The van der Waals surface area contributed by atoms with Gasteiger partial charge >= 0.3 is 12.1 Å². The highest BCUT2D eigenvalue weighted by Gasteiger charge is 2.47. The quantitative estimate of drug-likeness (QED) is 0.204. The fraction of sp³-hybridized carbons (Fsp3) is 0.441. The Morgan fingerprint density at radius 2 is 1.84 bits per heavy atom. The van der Waals surface area contributed by atoms with E-state index >= 15 is 0 Å². The Labute approximate surface area is 257 Å². The van der Waals surface area contributed by atoms with Gasteiger partial charge < -0.3 is 24.4 Å². The number of alkyl halides is 3. The summed E-state index contributed by atoms with van der Waals surface area (Å²) >= 11 is 0. The number of piperidine rings is 1. The van der Waals surface area contributed by atoms with Gasteiger partial charge in [-0.25, -0.2) is 9.78 Å². The second-order valence-corrected chi connectivity index (χ2v) is 12.7. The first-order valence-electron chi connectivity index (χ1n) is 15.5. The number of ether oxygens (including phenoxy) is 1. The van der Waals surface area contributed by atoms with Crippen LogP contribution in [0.1, 0.15) is 71.8 Å². The lowest BCUT2D eigenvalue weighted by Gasteiger charge is -2.53. The summed E-state index contributed by atoms with van der Waals surface area (Å²) in [6.45, 7) is 1.57. The largest absolute Gasteiger partial charge is 0.490 e. The molecule has 2 aromatic carbocycles. The first kappa shape index (κ1) is 29.6. The Balaban J connectivity index is 1.05. The van der Waals surface area contributed by atoms with Gasteiger partial charge in [-0.2, -0.15) is 13.2 Å². The van der Waals surface area contributed by atoms with E-state index in [9.17, 15) is 28.2 Å². The minimum atomic E-state index is -4.47. The summed E-state index contributed by atoms with van der Waals surface area (Å²) in [7, 11) is 0. The Morgan fingerprint density at radius 3 is 2.53 bits per heavy atom. The van der Waals surface area contributed by atoms with Crippen LogP contribution >= 0.6 is 0 Å². The van der Waals surface area contributed by atoms with Crippen LogP contribution in [0, 0.1) is 11.3 Å². The van der Waals surface area contributed by atoms with Gasteiger partial charge in [-0.1, -0.05) is 23.4 Å². The van der Waals surface area contributed by atoms with Gasteiger partial charge in [-0.15, -0.1) is 0 Å². The molecular weight excluding hydrogens is 587 g/mol. The van der Waals surface area contributed by atoms with Gasteiger partial charge in [0, 0.05) is 47.3 Å². The molecule has 3 fully saturated rings. The maximum absolute atomic E-state index is 13.9. The van der Waals surface area contributed by atoms with E-state index in [4.69, 9.17) is 9.26 Å². The van der Waals surface area contributed by atoms with Crippen molar-refractivity contribution >= 4 is 22.6 Å². The van der Waals surface area contributed by atoms with Crippen LogP contribution in [0.2, 0.25) is 0 Å². The van der Waals surface area contributed by atoms with Crippen LogP contribution in [0.25, 0.3) is 22.2 Å². The standard InChI is InChI=1S/C34H34F3N3O5/c35-34(36,37)26-4-2-1-3-23(26)30-25(31(45-39-30)21-5-6-21)15-20-18-33(19-20)9-11-40(12-10-33)22-7-8-27-24(16-22)29(44-14-13-41)17-28(38-27)32(42)43/h1-4,7-8,16-17,20-21,41H,5-6,9-15,18-19H2,(H,42,43). The summed E-state index contributed by atoms with van der Waals surface area (Å²) in [5.41, 5.74) is 2.20. The molecule has 0 atom stereocenters. The Bertz CT molecular complexity index is 1730. The molecule has 236 valence electrons. The van der Waals surface area contributed by atoms with E-state index in [1.807, 2.05) is 12.1 Å². The molecule has 0 radical (unpaired) electrons. The molecule has 7 rings (SSSR count). The van der Waals surface area contributed by atoms with Crippen molar-refractivity contribution in [3.63, 3.8) is 0 Å². The van der Waals surface area contributed by atoms with Crippen LogP contribution in [0.15, 0.2) is 53.1 Å². The van der Waals surface area contributed by atoms with Gasteiger partial charge in [-0.05, 0) is 80.5 Å². The third-order valence-corrected chi connectivity index (χ3v) is 9.70. The number of anilines is 1. The predicted octanol–water partition coefficient (Wildman–Crippen LogP) is 7.09. The minimum absolute atomic E-state index is 0.0448. The number of fused-ring (bicyclic) bond motifs is 1. The van der Waals surface area contributed by atoms with Crippen molar-refractivity contribution < 1.29 is 37.4 Å². The second kappa shape index (κ2) is 11.3. The molecule has 2 aliphatic carbocycles.